The maximum absolute atomic E-state index is 13.9. The van der Waals surface area contributed by atoms with E-state index in [0.717, 1.165) is 0 Å². The number of hydrogen-bond donors (Lipinski definition) is 1. The maximum atomic E-state index is 13.9. The molecule has 0 atom stereocenters. The first-order valence-corrected chi connectivity index (χ1v) is 7.34. The average molecular weight is 345 g/mol. The number of fused-ring (bicyclic) bond motifs is 1. The van der Waals surface area contributed by atoms with Crippen molar-refractivity contribution in [3.05, 3.63) is 42.5 Å². The molecule has 1 heterocycles. The number of anilines is 1. The van der Waals surface area contributed by atoms with Crippen LogP contribution >= 0.6 is 0 Å². The van der Waals surface area contributed by atoms with Crippen LogP contribution in [0.25, 0.3) is 10.9 Å². The summed E-state index contributed by atoms with van der Waals surface area (Å²) in [7, 11) is 4.53. The van der Waals surface area contributed by atoms with Crippen LogP contribution in [0, 0.1) is 5.82 Å². The Hall–Kier alpha value is -3.13. The zero-order chi connectivity index (χ0) is 17.8. The number of ether oxygens (including phenoxy) is 2. The molecule has 2 aromatic carbocycles. The van der Waals surface area contributed by atoms with Crippen LogP contribution < -0.4 is 19.7 Å². The third kappa shape index (κ3) is 3.38. The van der Waals surface area contributed by atoms with Gasteiger partial charge in [-0.25, -0.2) is 14.4 Å². The molecule has 0 aliphatic carbocycles. The lowest BCUT2D eigenvalue weighted by atomic mass is 10.2. The Bertz CT molecular complexity index is 904. The fourth-order valence-electron chi connectivity index (χ4n) is 2.31. The molecule has 3 aromatic rings. The third-order valence-electron chi connectivity index (χ3n) is 3.48. The molecule has 1 aromatic heterocycles. The monoisotopic (exact) mass is 345 g/mol. The number of halogens is 1. The Labute approximate surface area is 143 Å². The van der Waals surface area contributed by atoms with E-state index >= 15 is 0 Å². The highest BCUT2D eigenvalue weighted by atomic mass is 19.1. The Morgan fingerprint density at radius 3 is 2.56 bits per heavy atom. The quantitative estimate of drug-likeness (QED) is 0.541. The van der Waals surface area contributed by atoms with Crippen LogP contribution in [0.4, 0.5) is 10.1 Å². The standard InChI is InChI=1S/C17H16FN3O4/c1-19-13-5-4-10(6-12(13)18)24-17-11-7-15(22-2)16(25-23-3)8-14(11)20-9-21-17/h4-9,19H,1-3H3. The van der Waals surface area contributed by atoms with Gasteiger partial charge in [0, 0.05) is 19.2 Å². The Balaban J connectivity index is 2.02. The number of nitrogens with one attached hydrogen (secondary N) is 1. The fraction of sp³-hybridized carbons (Fsp3) is 0.176. The molecular weight excluding hydrogens is 329 g/mol. The van der Waals surface area contributed by atoms with Gasteiger partial charge >= 0.3 is 0 Å². The minimum absolute atomic E-state index is 0.267. The van der Waals surface area contributed by atoms with Gasteiger partial charge in [-0.05, 0) is 18.2 Å². The second-order valence-corrected chi connectivity index (χ2v) is 4.94. The lowest BCUT2D eigenvalue weighted by Gasteiger charge is -2.12. The number of benzene rings is 2. The molecule has 0 saturated carbocycles. The molecule has 0 aliphatic heterocycles. The van der Waals surface area contributed by atoms with E-state index in [1.165, 1.54) is 26.6 Å². The molecule has 0 aliphatic rings. The summed E-state index contributed by atoms with van der Waals surface area (Å²) in [5.74, 6) is 0.945. The van der Waals surface area contributed by atoms with Crippen molar-refractivity contribution in [1.29, 1.82) is 0 Å². The zero-order valence-electron chi connectivity index (χ0n) is 13.9. The first-order valence-electron chi connectivity index (χ1n) is 7.34. The summed E-state index contributed by atoms with van der Waals surface area (Å²) in [6.07, 6.45) is 1.35. The van der Waals surface area contributed by atoms with E-state index in [1.807, 2.05) is 0 Å². The van der Waals surface area contributed by atoms with Crippen molar-refractivity contribution in [2.24, 2.45) is 0 Å². The van der Waals surface area contributed by atoms with Crippen LogP contribution in [0.5, 0.6) is 23.1 Å². The molecule has 130 valence electrons. The summed E-state index contributed by atoms with van der Waals surface area (Å²) in [4.78, 5) is 18.0. The van der Waals surface area contributed by atoms with Gasteiger partial charge in [0.1, 0.15) is 17.9 Å². The Morgan fingerprint density at radius 2 is 1.88 bits per heavy atom. The summed E-state index contributed by atoms with van der Waals surface area (Å²) >= 11 is 0. The first kappa shape index (κ1) is 16.7. The smallest absolute Gasteiger partial charge is 0.230 e. The summed E-state index contributed by atoms with van der Waals surface area (Å²) in [6.45, 7) is 0. The normalized spacial score (nSPS) is 10.6. The van der Waals surface area contributed by atoms with Crippen LogP contribution in [0.15, 0.2) is 36.7 Å². The van der Waals surface area contributed by atoms with Gasteiger partial charge in [0.05, 0.1) is 30.8 Å². The number of methoxy groups -OCH3 is 1. The summed E-state index contributed by atoms with van der Waals surface area (Å²) < 4.78 is 24.9. The SMILES string of the molecule is CNc1ccc(Oc2ncnc3cc(OOC)c(OC)cc23)cc1F. The summed E-state index contributed by atoms with van der Waals surface area (Å²) in [6, 6.07) is 7.80. The molecule has 0 amide bonds. The second kappa shape index (κ2) is 7.18. The van der Waals surface area contributed by atoms with Gasteiger partial charge in [-0.15, -0.1) is 0 Å². The predicted molar refractivity (Wildman–Crippen MR) is 89.7 cm³/mol. The van der Waals surface area contributed by atoms with Crippen molar-refractivity contribution in [2.45, 2.75) is 0 Å². The van der Waals surface area contributed by atoms with Crippen LogP contribution in [0.3, 0.4) is 0 Å². The molecule has 3 rings (SSSR count). The van der Waals surface area contributed by atoms with E-state index in [1.54, 1.807) is 31.3 Å². The van der Waals surface area contributed by atoms with E-state index in [9.17, 15) is 4.39 Å². The van der Waals surface area contributed by atoms with Gasteiger partial charge in [0.25, 0.3) is 0 Å². The summed E-state index contributed by atoms with van der Waals surface area (Å²) in [5, 5.41) is 3.33. The molecule has 0 radical (unpaired) electrons. The molecule has 0 spiro atoms. The molecule has 0 bridgehead atoms. The lowest BCUT2D eigenvalue weighted by Crippen LogP contribution is -1.98. The van der Waals surface area contributed by atoms with Gasteiger partial charge in [-0.1, -0.05) is 0 Å². The molecule has 7 nitrogen and oxygen atoms in total. The van der Waals surface area contributed by atoms with Crippen LogP contribution in [-0.4, -0.2) is 31.2 Å². The van der Waals surface area contributed by atoms with Gasteiger partial charge < -0.3 is 19.7 Å². The van der Waals surface area contributed by atoms with Crippen molar-refractivity contribution in [2.75, 3.05) is 26.6 Å². The van der Waals surface area contributed by atoms with Crippen molar-refractivity contribution < 1.29 is 23.6 Å². The fourth-order valence-corrected chi connectivity index (χ4v) is 2.31. The molecule has 0 fully saturated rings. The Morgan fingerprint density at radius 1 is 1.04 bits per heavy atom. The van der Waals surface area contributed by atoms with Crippen LogP contribution in [0.2, 0.25) is 0 Å². The molecule has 0 saturated heterocycles. The predicted octanol–water partition coefficient (Wildman–Crippen LogP) is 3.55. The number of nitrogens with zero attached hydrogens (tertiary/aromatic N) is 2. The highest BCUT2D eigenvalue weighted by molar-refractivity contribution is 5.87. The average Bonchev–Trinajstić information content (AvgIpc) is 2.62. The number of rotatable bonds is 6. The van der Waals surface area contributed by atoms with Crippen LogP contribution in [-0.2, 0) is 4.89 Å². The molecule has 8 heteroatoms. The molecule has 25 heavy (non-hydrogen) atoms. The highest BCUT2D eigenvalue weighted by Gasteiger charge is 2.14. The largest absolute Gasteiger partial charge is 0.493 e. The lowest BCUT2D eigenvalue weighted by molar-refractivity contribution is -0.179. The van der Waals surface area contributed by atoms with E-state index in [2.05, 4.69) is 20.2 Å². The molecular formula is C17H16FN3O4. The minimum atomic E-state index is -0.424. The van der Waals surface area contributed by atoms with Crippen molar-refractivity contribution >= 4 is 16.6 Å². The van der Waals surface area contributed by atoms with E-state index in [4.69, 9.17) is 14.4 Å². The van der Waals surface area contributed by atoms with E-state index in [-0.39, 0.29) is 5.88 Å². The summed E-state index contributed by atoms with van der Waals surface area (Å²) in [5.41, 5.74) is 0.938. The molecule has 0 unspecified atom stereocenters. The van der Waals surface area contributed by atoms with Crippen molar-refractivity contribution in [1.82, 2.24) is 9.97 Å². The van der Waals surface area contributed by atoms with Crippen LogP contribution in [0.1, 0.15) is 0 Å². The maximum Gasteiger partial charge on any atom is 0.230 e. The van der Waals surface area contributed by atoms with Gasteiger partial charge in [-0.2, -0.15) is 4.89 Å². The van der Waals surface area contributed by atoms with E-state index < -0.39 is 5.82 Å². The molecule has 1 N–H and O–H groups in total. The van der Waals surface area contributed by atoms with Gasteiger partial charge in [0.15, 0.2) is 5.75 Å². The second-order valence-electron chi connectivity index (χ2n) is 4.94. The number of aromatic nitrogens is 2. The van der Waals surface area contributed by atoms with Crippen molar-refractivity contribution in [3.8, 4) is 23.1 Å². The first-order chi connectivity index (χ1) is 12.2. The topological polar surface area (TPSA) is 74.7 Å². The van der Waals surface area contributed by atoms with Gasteiger partial charge in [-0.3, -0.25) is 0 Å². The third-order valence-corrected chi connectivity index (χ3v) is 3.48. The number of hydrogen-bond acceptors (Lipinski definition) is 7. The van der Waals surface area contributed by atoms with Crippen molar-refractivity contribution in [3.63, 3.8) is 0 Å². The Kier molecular flexibility index (Phi) is 4.80. The minimum Gasteiger partial charge on any atom is -0.493 e. The highest BCUT2D eigenvalue weighted by Crippen LogP contribution is 2.36. The zero-order valence-corrected chi connectivity index (χ0v) is 13.9. The van der Waals surface area contributed by atoms with Gasteiger partial charge in [0.2, 0.25) is 11.6 Å². The van der Waals surface area contributed by atoms with E-state index in [0.29, 0.717) is 33.8 Å².